The summed E-state index contributed by atoms with van der Waals surface area (Å²) in [6.45, 7) is 6.69. The molecule has 4 heteroatoms. The first-order valence-electron chi connectivity index (χ1n) is 15.6. The van der Waals surface area contributed by atoms with E-state index >= 15 is 0 Å². The van der Waals surface area contributed by atoms with Crippen LogP contribution in [0.2, 0.25) is 0 Å². The predicted molar refractivity (Wildman–Crippen MR) is 187 cm³/mol. The van der Waals surface area contributed by atoms with Crippen LogP contribution in [-0.4, -0.2) is 19.9 Å². The Bertz CT molecular complexity index is 2180. The van der Waals surface area contributed by atoms with Crippen LogP contribution in [0.15, 0.2) is 140 Å². The summed E-state index contributed by atoms with van der Waals surface area (Å²) in [5, 5.41) is 0. The fourth-order valence-electron chi connectivity index (χ4n) is 6.71. The van der Waals surface area contributed by atoms with E-state index in [4.69, 9.17) is 15.0 Å². The van der Waals surface area contributed by atoms with E-state index in [0.29, 0.717) is 17.5 Å². The Kier molecular flexibility index (Phi) is 6.65. The lowest BCUT2D eigenvalue weighted by atomic mass is 9.82. The van der Waals surface area contributed by atoms with Gasteiger partial charge in [-0.05, 0) is 76.2 Å². The molecule has 4 nitrogen and oxygen atoms in total. The smallest absolute Gasteiger partial charge is 0.164 e. The Morgan fingerprint density at radius 3 is 1.63 bits per heavy atom. The van der Waals surface area contributed by atoms with Gasteiger partial charge in [0.2, 0.25) is 0 Å². The van der Waals surface area contributed by atoms with Crippen molar-refractivity contribution in [2.45, 2.75) is 26.2 Å². The second-order valence-electron chi connectivity index (χ2n) is 12.4. The lowest BCUT2D eigenvalue weighted by Gasteiger charge is -2.21. The summed E-state index contributed by atoms with van der Waals surface area (Å²) in [5.74, 6) is 1.92. The molecule has 0 radical (unpaired) electrons. The van der Waals surface area contributed by atoms with E-state index in [0.717, 1.165) is 44.6 Å². The molecule has 0 bridgehead atoms. The molecule has 7 aromatic rings. The Morgan fingerprint density at radius 1 is 0.413 bits per heavy atom. The van der Waals surface area contributed by atoms with Crippen LogP contribution < -0.4 is 0 Å². The maximum absolute atomic E-state index is 5.06. The second kappa shape index (κ2) is 11.0. The van der Waals surface area contributed by atoms with Gasteiger partial charge in [0, 0.05) is 39.6 Å². The molecule has 0 aliphatic heterocycles. The molecular formula is C42H32N4. The highest BCUT2D eigenvalue weighted by Crippen LogP contribution is 2.49. The number of aromatic nitrogens is 4. The van der Waals surface area contributed by atoms with Crippen molar-refractivity contribution in [2.24, 2.45) is 0 Å². The van der Waals surface area contributed by atoms with Crippen molar-refractivity contribution in [3.05, 3.63) is 156 Å². The van der Waals surface area contributed by atoms with Crippen LogP contribution in [0.25, 0.3) is 67.5 Å². The van der Waals surface area contributed by atoms with Crippen molar-refractivity contribution >= 4 is 0 Å². The van der Waals surface area contributed by atoms with E-state index in [2.05, 4.69) is 92.5 Å². The Morgan fingerprint density at radius 2 is 0.957 bits per heavy atom. The minimum atomic E-state index is -0.0448. The molecule has 1 aliphatic carbocycles. The summed E-state index contributed by atoms with van der Waals surface area (Å²) in [6, 6.07) is 46.7. The molecule has 2 aromatic heterocycles. The standard InChI is InChI=1S/C42H32N4/c1-27-34(18-12-22-43-27)32-23-31(30-20-21-38-36(26-30)35-17-10-11-19-37(35)42(38,2)3)24-33(25-32)41-45-39(28-13-6-4-7-14-28)44-40(46-41)29-15-8-5-9-16-29/h4-26H,1-3H3. The minimum absolute atomic E-state index is 0.0448. The average Bonchev–Trinajstić information content (AvgIpc) is 3.34. The average molecular weight is 593 g/mol. The molecule has 46 heavy (non-hydrogen) atoms. The maximum Gasteiger partial charge on any atom is 0.164 e. The van der Waals surface area contributed by atoms with Gasteiger partial charge >= 0.3 is 0 Å². The van der Waals surface area contributed by atoms with Crippen molar-refractivity contribution in [3.63, 3.8) is 0 Å². The van der Waals surface area contributed by atoms with Crippen LogP contribution in [0, 0.1) is 6.92 Å². The number of hydrogen-bond donors (Lipinski definition) is 0. The van der Waals surface area contributed by atoms with Gasteiger partial charge in [0.1, 0.15) is 0 Å². The number of benzene rings is 5. The van der Waals surface area contributed by atoms with Gasteiger partial charge in [-0.1, -0.05) is 117 Å². The monoisotopic (exact) mass is 592 g/mol. The topological polar surface area (TPSA) is 51.6 Å². The van der Waals surface area contributed by atoms with Crippen LogP contribution in [0.1, 0.15) is 30.7 Å². The predicted octanol–water partition coefficient (Wildman–Crippen LogP) is 10.2. The Labute approximate surface area is 269 Å². The van der Waals surface area contributed by atoms with E-state index < -0.39 is 0 Å². The zero-order valence-corrected chi connectivity index (χ0v) is 26.1. The molecule has 0 atom stereocenters. The maximum atomic E-state index is 5.06. The molecule has 2 heterocycles. The molecule has 0 N–H and O–H groups in total. The van der Waals surface area contributed by atoms with Crippen LogP contribution in [0.5, 0.6) is 0 Å². The molecule has 5 aromatic carbocycles. The summed E-state index contributed by atoms with van der Waals surface area (Å²) >= 11 is 0. The van der Waals surface area contributed by atoms with Gasteiger partial charge in [0.15, 0.2) is 17.5 Å². The number of fused-ring (bicyclic) bond motifs is 3. The van der Waals surface area contributed by atoms with Crippen LogP contribution in [0.4, 0.5) is 0 Å². The third-order valence-corrected chi connectivity index (χ3v) is 9.13. The summed E-state index contributed by atoms with van der Waals surface area (Å²) < 4.78 is 0. The van der Waals surface area contributed by atoms with E-state index in [1.54, 1.807) is 0 Å². The first-order valence-corrected chi connectivity index (χ1v) is 15.6. The third-order valence-electron chi connectivity index (χ3n) is 9.13. The first kappa shape index (κ1) is 27.8. The molecule has 220 valence electrons. The summed E-state index contributed by atoms with van der Waals surface area (Å²) in [6.07, 6.45) is 1.84. The number of pyridine rings is 1. The molecule has 0 saturated carbocycles. The Balaban J connectivity index is 1.35. The normalized spacial score (nSPS) is 12.8. The van der Waals surface area contributed by atoms with E-state index in [1.807, 2.05) is 72.9 Å². The third kappa shape index (κ3) is 4.79. The highest BCUT2D eigenvalue weighted by atomic mass is 15.0. The van der Waals surface area contributed by atoms with Gasteiger partial charge in [-0.3, -0.25) is 4.98 Å². The van der Waals surface area contributed by atoms with Gasteiger partial charge < -0.3 is 0 Å². The van der Waals surface area contributed by atoms with Crippen molar-refractivity contribution in [1.29, 1.82) is 0 Å². The minimum Gasteiger partial charge on any atom is -0.261 e. The lowest BCUT2D eigenvalue weighted by Crippen LogP contribution is -2.14. The Hall–Kier alpha value is -5.74. The van der Waals surface area contributed by atoms with Crippen LogP contribution in [-0.2, 0) is 5.41 Å². The van der Waals surface area contributed by atoms with E-state index in [1.165, 1.54) is 22.3 Å². The van der Waals surface area contributed by atoms with E-state index in [-0.39, 0.29) is 5.41 Å². The summed E-state index contributed by atoms with van der Waals surface area (Å²) in [5.41, 5.74) is 13.5. The largest absolute Gasteiger partial charge is 0.261 e. The highest BCUT2D eigenvalue weighted by Gasteiger charge is 2.35. The number of aryl methyl sites for hydroxylation is 1. The molecule has 1 aliphatic rings. The lowest BCUT2D eigenvalue weighted by molar-refractivity contribution is 0.660. The fourth-order valence-corrected chi connectivity index (χ4v) is 6.71. The van der Waals surface area contributed by atoms with Crippen LogP contribution in [0.3, 0.4) is 0 Å². The molecule has 0 amide bonds. The second-order valence-corrected chi connectivity index (χ2v) is 12.4. The molecule has 0 fully saturated rings. The number of hydrogen-bond acceptors (Lipinski definition) is 4. The molecule has 0 unspecified atom stereocenters. The van der Waals surface area contributed by atoms with Crippen molar-refractivity contribution in [2.75, 3.05) is 0 Å². The molecule has 0 saturated heterocycles. The molecular weight excluding hydrogens is 560 g/mol. The molecule has 8 rings (SSSR count). The number of rotatable bonds is 5. The highest BCUT2D eigenvalue weighted by molar-refractivity contribution is 5.87. The first-order chi connectivity index (χ1) is 22.5. The summed E-state index contributed by atoms with van der Waals surface area (Å²) in [4.78, 5) is 19.7. The number of nitrogens with zero attached hydrogens (tertiary/aromatic N) is 4. The van der Waals surface area contributed by atoms with Crippen LogP contribution >= 0.6 is 0 Å². The molecule has 0 spiro atoms. The van der Waals surface area contributed by atoms with E-state index in [9.17, 15) is 0 Å². The quantitative estimate of drug-likeness (QED) is 0.200. The zero-order valence-electron chi connectivity index (χ0n) is 26.1. The van der Waals surface area contributed by atoms with Gasteiger partial charge in [-0.15, -0.1) is 0 Å². The SMILES string of the molecule is Cc1ncccc1-c1cc(-c2ccc3c(c2)-c2ccccc2C3(C)C)cc(-c2nc(-c3ccccc3)nc(-c3ccccc3)n2)c1. The van der Waals surface area contributed by atoms with Gasteiger partial charge in [-0.2, -0.15) is 0 Å². The fraction of sp³-hybridized carbons (Fsp3) is 0.0952. The van der Waals surface area contributed by atoms with Crippen molar-refractivity contribution < 1.29 is 0 Å². The van der Waals surface area contributed by atoms with Gasteiger partial charge in [0.05, 0.1) is 0 Å². The van der Waals surface area contributed by atoms with Gasteiger partial charge in [0.25, 0.3) is 0 Å². The zero-order chi connectivity index (χ0) is 31.3. The summed E-state index contributed by atoms with van der Waals surface area (Å²) in [7, 11) is 0. The van der Waals surface area contributed by atoms with Gasteiger partial charge in [-0.25, -0.2) is 15.0 Å². The van der Waals surface area contributed by atoms with Crippen molar-refractivity contribution in [1.82, 2.24) is 19.9 Å². The van der Waals surface area contributed by atoms with Crippen molar-refractivity contribution in [3.8, 4) is 67.5 Å².